The summed E-state index contributed by atoms with van der Waals surface area (Å²) < 4.78 is 23.9. The Labute approximate surface area is 166 Å². The molecule has 0 spiro atoms. The lowest BCUT2D eigenvalue weighted by Gasteiger charge is -2.12. The predicted octanol–water partition coefficient (Wildman–Crippen LogP) is 2.94. The number of rotatable bonds is 9. The van der Waals surface area contributed by atoms with E-state index >= 15 is 0 Å². The molecule has 0 amide bonds. The Kier molecular flexibility index (Phi) is 11.8. The first-order valence-corrected chi connectivity index (χ1v) is 8.70. The molecule has 1 unspecified atom stereocenters. The van der Waals surface area contributed by atoms with Crippen LogP contribution in [0.15, 0.2) is 29.3 Å². The van der Waals surface area contributed by atoms with E-state index < -0.39 is 0 Å². The monoisotopic (exact) mass is 465 g/mol. The maximum atomic E-state index is 12.9. The fraction of sp³-hybridized carbons (Fsp3) is 0.611. The molecule has 1 atom stereocenters. The van der Waals surface area contributed by atoms with Crippen LogP contribution in [0.2, 0.25) is 0 Å². The summed E-state index contributed by atoms with van der Waals surface area (Å²) in [5.41, 5.74) is 0.982. The van der Waals surface area contributed by atoms with Crippen molar-refractivity contribution in [1.29, 1.82) is 0 Å². The molecule has 1 saturated heterocycles. The number of halogens is 2. The highest BCUT2D eigenvalue weighted by Crippen LogP contribution is 2.12. The summed E-state index contributed by atoms with van der Waals surface area (Å²) in [5.74, 6) is 1.11. The van der Waals surface area contributed by atoms with Gasteiger partial charge in [-0.3, -0.25) is 0 Å². The largest absolute Gasteiger partial charge is 0.381 e. The van der Waals surface area contributed by atoms with Gasteiger partial charge >= 0.3 is 0 Å². The second-order valence-corrected chi connectivity index (χ2v) is 5.91. The van der Waals surface area contributed by atoms with Crippen LogP contribution in [0.5, 0.6) is 0 Å². The van der Waals surface area contributed by atoms with Crippen molar-refractivity contribution < 1.29 is 13.9 Å². The van der Waals surface area contributed by atoms with Crippen molar-refractivity contribution in [3.63, 3.8) is 0 Å². The van der Waals surface area contributed by atoms with Gasteiger partial charge in [0.2, 0.25) is 0 Å². The number of benzene rings is 1. The molecule has 0 radical (unpaired) electrons. The third-order valence-corrected chi connectivity index (χ3v) is 3.81. The standard InChI is InChI=1S/C18H28FN3O2.HI/c1-2-20-18(22-12-15-4-6-17(19)7-5-15)21-9-3-10-23-13-16-8-11-24-14-16;/h4-7,16H,2-3,8-14H2,1H3,(H2,20,21,22);1H. The van der Waals surface area contributed by atoms with Crippen LogP contribution in [0, 0.1) is 11.7 Å². The van der Waals surface area contributed by atoms with E-state index in [1.165, 1.54) is 12.1 Å². The Bertz CT molecular complexity index is 494. The average molecular weight is 465 g/mol. The summed E-state index contributed by atoms with van der Waals surface area (Å²) in [6, 6.07) is 6.42. The van der Waals surface area contributed by atoms with Gasteiger partial charge in [-0.1, -0.05) is 12.1 Å². The van der Waals surface area contributed by atoms with Crippen LogP contribution in [0.4, 0.5) is 4.39 Å². The van der Waals surface area contributed by atoms with Crippen molar-refractivity contribution in [3.8, 4) is 0 Å². The van der Waals surface area contributed by atoms with Gasteiger partial charge < -0.3 is 20.1 Å². The van der Waals surface area contributed by atoms with Gasteiger partial charge in [0.15, 0.2) is 5.96 Å². The molecule has 1 aliphatic rings. The summed E-state index contributed by atoms with van der Waals surface area (Å²) in [7, 11) is 0. The molecule has 2 rings (SSSR count). The molecule has 0 aromatic heterocycles. The Balaban J connectivity index is 0.00000312. The van der Waals surface area contributed by atoms with Gasteiger partial charge in [0.1, 0.15) is 5.82 Å². The molecule has 1 fully saturated rings. The molecule has 142 valence electrons. The topological polar surface area (TPSA) is 54.9 Å². The summed E-state index contributed by atoms with van der Waals surface area (Å²) in [4.78, 5) is 4.51. The maximum Gasteiger partial charge on any atom is 0.191 e. The van der Waals surface area contributed by atoms with Gasteiger partial charge in [0.05, 0.1) is 19.8 Å². The third kappa shape index (κ3) is 9.37. The summed E-state index contributed by atoms with van der Waals surface area (Å²) in [6.45, 7) is 7.38. The van der Waals surface area contributed by atoms with Gasteiger partial charge in [0, 0.05) is 32.2 Å². The number of ether oxygens (including phenoxy) is 2. The van der Waals surface area contributed by atoms with E-state index in [-0.39, 0.29) is 29.8 Å². The molecule has 5 nitrogen and oxygen atoms in total. The first-order valence-electron chi connectivity index (χ1n) is 8.70. The van der Waals surface area contributed by atoms with Gasteiger partial charge in [-0.15, -0.1) is 24.0 Å². The quantitative estimate of drug-likeness (QED) is 0.255. The molecule has 2 N–H and O–H groups in total. The van der Waals surface area contributed by atoms with E-state index in [1.807, 2.05) is 6.92 Å². The van der Waals surface area contributed by atoms with Crippen molar-refractivity contribution in [3.05, 3.63) is 35.6 Å². The number of hydrogen-bond acceptors (Lipinski definition) is 3. The lowest BCUT2D eigenvalue weighted by molar-refractivity contribution is 0.0888. The van der Waals surface area contributed by atoms with E-state index in [1.54, 1.807) is 12.1 Å². The van der Waals surface area contributed by atoms with Crippen LogP contribution in [-0.2, 0) is 16.0 Å². The van der Waals surface area contributed by atoms with Crippen LogP contribution in [0.3, 0.4) is 0 Å². The van der Waals surface area contributed by atoms with Crippen molar-refractivity contribution in [2.24, 2.45) is 10.9 Å². The minimum absolute atomic E-state index is 0. The highest BCUT2D eigenvalue weighted by atomic mass is 127. The average Bonchev–Trinajstić information content (AvgIpc) is 3.10. The van der Waals surface area contributed by atoms with Gasteiger partial charge in [-0.25, -0.2) is 9.38 Å². The first-order chi connectivity index (χ1) is 11.8. The Morgan fingerprint density at radius 2 is 2.12 bits per heavy atom. The molecule has 25 heavy (non-hydrogen) atoms. The lowest BCUT2D eigenvalue weighted by atomic mass is 10.1. The van der Waals surface area contributed by atoms with E-state index in [4.69, 9.17) is 9.47 Å². The zero-order valence-electron chi connectivity index (χ0n) is 14.8. The predicted molar refractivity (Wildman–Crippen MR) is 109 cm³/mol. The lowest BCUT2D eigenvalue weighted by Crippen LogP contribution is -2.38. The molecule has 1 aromatic carbocycles. The normalized spacial score (nSPS) is 17.2. The third-order valence-electron chi connectivity index (χ3n) is 3.81. The van der Waals surface area contributed by atoms with Crippen molar-refractivity contribution >= 4 is 29.9 Å². The Hall–Kier alpha value is -0.930. The molecular formula is C18H29FIN3O2. The number of nitrogens with zero attached hydrogens (tertiary/aromatic N) is 1. The number of hydrogen-bond donors (Lipinski definition) is 2. The molecular weight excluding hydrogens is 436 g/mol. The summed E-state index contributed by atoms with van der Waals surface area (Å²) in [6.07, 6.45) is 2.04. The van der Waals surface area contributed by atoms with Crippen LogP contribution in [0.25, 0.3) is 0 Å². The van der Waals surface area contributed by atoms with E-state index in [2.05, 4.69) is 15.6 Å². The molecule has 1 heterocycles. The zero-order valence-corrected chi connectivity index (χ0v) is 17.1. The number of aliphatic imine (C=N–C) groups is 1. The van der Waals surface area contributed by atoms with Crippen LogP contribution in [-0.4, -0.2) is 45.5 Å². The second-order valence-electron chi connectivity index (χ2n) is 5.91. The molecule has 7 heteroatoms. The SMILES string of the molecule is CCNC(=NCc1ccc(F)cc1)NCCCOCC1CCOC1.I. The highest BCUT2D eigenvalue weighted by Gasteiger charge is 2.15. The van der Waals surface area contributed by atoms with E-state index in [0.717, 1.165) is 63.9 Å². The summed E-state index contributed by atoms with van der Waals surface area (Å²) in [5, 5.41) is 6.50. The fourth-order valence-corrected chi connectivity index (χ4v) is 2.45. The number of guanidine groups is 1. The second kappa shape index (κ2) is 13.3. The van der Waals surface area contributed by atoms with Crippen molar-refractivity contribution in [2.45, 2.75) is 26.3 Å². The van der Waals surface area contributed by atoms with E-state index in [0.29, 0.717) is 12.5 Å². The zero-order chi connectivity index (χ0) is 17.0. The van der Waals surface area contributed by atoms with Gasteiger partial charge in [0.25, 0.3) is 0 Å². The van der Waals surface area contributed by atoms with Crippen molar-refractivity contribution in [2.75, 3.05) is 39.5 Å². The van der Waals surface area contributed by atoms with Gasteiger partial charge in [-0.2, -0.15) is 0 Å². The van der Waals surface area contributed by atoms with Crippen LogP contribution >= 0.6 is 24.0 Å². The van der Waals surface area contributed by atoms with E-state index in [9.17, 15) is 4.39 Å². The van der Waals surface area contributed by atoms with Crippen molar-refractivity contribution in [1.82, 2.24) is 10.6 Å². The molecule has 1 aliphatic heterocycles. The Morgan fingerprint density at radius 1 is 1.32 bits per heavy atom. The first kappa shape index (κ1) is 22.1. The molecule has 0 saturated carbocycles. The number of nitrogens with one attached hydrogen (secondary N) is 2. The van der Waals surface area contributed by atoms with Crippen LogP contribution < -0.4 is 10.6 Å². The van der Waals surface area contributed by atoms with Crippen LogP contribution in [0.1, 0.15) is 25.3 Å². The summed E-state index contributed by atoms with van der Waals surface area (Å²) >= 11 is 0. The minimum atomic E-state index is -0.225. The highest BCUT2D eigenvalue weighted by molar-refractivity contribution is 14.0. The molecule has 0 bridgehead atoms. The maximum absolute atomic E-state index is 12.9. The van der Waals surface area contributed by atoms with Gasteiger partial charge in [-0.05, 0) is 37.5 Å². The smallest absolute Gasteiger partial charge is 0.191 e. The molecule has 1 aromatic rings. The Morgan fingerprint density at radius 3 is 2.80 bits per heavy atom. The minimum Gasteiger partial charge on any atom is -0.381 e. The molecule has 0 aliphatic carbocycles. The fourth-order valence-electron chi connectivity index (χ4n) is 2.45.